The van der Waals surface area contributed by atoms with Gasteiger partial charge in [0.15, 0.2) is 0 Å². The van der Waals surface area contributed by atoms with Crippen LogP contribution in [0.1, 0.15) is 24.3 Å². The second kappa shape index (κ2) is 6.52. The highest BCUT2D eigenvalue weighted by atomic mass is 16.2. The quantitative estimate of drug-likeness (QED) is 0.888. The van der Waals surface area contributed by atoms with Crippen molar-refractivity contribution in [1.82, 2.24) is 14.8 Å². The number of rotatable bonds is 4. The molecule has 104 valence electrons. The van der Waals surface area contributed by atoms with Gasteiger partial charge in [0.25, 0.3) is 5.91 Å². The van der Waals surface area contributed by atoms with E-state index in [1.54, 1.807) is 6.20 Å². The van der Waals surface area contributed by atoms with Crippen LogP contribution in [0.15, 0.2) is 18.3 Å². The Balaban J connectivity index is 2.01. The van der Waals surface area contributed by atoms with E-state index < -0.39 is 0 Å². The minimum Gasteiger partial charge on any atom is -0.385 e. The van der Waals surface area contributed by atoms with Crippen molar-refractivity contribution < 1.29 is 4.79 Å². The van der Waals surface area contributed by atoms with Gasteiger partial charge in [0.05, 0.1) is 0 Å². The number of hydrogen-bond acceptors (Lipinski definition) is 4. The Morgan fingerprint density at radius 3 is 2.68 bits per heavy atom. The Kier molecular flexibility index (Phi) is 4.74. The zero-order valence-corrected chi connectivity index (χ0v) is 11.7. The maximum atomic E-state index is 12.4. The van der Waals surface area contributed by atoms with Gasteiger partial charge in [-0.25, -0.2) is 0 Å². The van der Waals surface area contributed by atoms with E-state index in [0.717, 1.165) is 45.0 Å². The van der Waals surface area contributed by atoms with E-state index in [-0.39, 0.29) is 5.91 Å². The SMILES string of the molecule is CCNc1ccnc(C(=O)N2CCN(CC)CC2)c1. The molecule has 2 heterocycles. The molecule has 1 aliphatic heterocycles. The van der Waals surface area contributed by atoms with E-state index >= 15 is 0 Å². The fourth-order valence-corrected chi connectivity index (χ4v) is 2.29. The third-order valence-corrected chi connectivity index (χ3v) is 3.47. The molecule has 5 heteroatoms. The number of carbonyl (C=O) groups excluding carboxylic acids is 1. The Bertz CT molecular complexity index is 427. The van der Waals surface area contributed by atoms with Gasteiger partial charge in [-0.05, 0) is 25.6 Å². The van der Waals surface area contributed by atoms with Gasteiger partial charge < -0.3 is 15.1 Å². The monoisotopic (exact) mass is 262 g/mol. The predicted molar refractivity (Wildman–Crippen MR) is 76.4 cm³/mol. The molecule has 5 nitrogen and oxygen atoms in total. The first kappa shape index (κ1) is 13.8. The summed E-state index contributed by atoms with van der Waals surface area (Å²) in [4.78, 5) is 20.8. The van der Waals surface area contributed by atoms with Crippen LogP contribution >= 0.6 is 0 Å². The molecule has 1 aromatic rings. The van der Waals surface area contributed by atoms with Crippen molar-refractivity contribution in [2.24, 2.45) is 0 Å². The number of nitrogens with one attached hydrogen (secondary N) is 1. The number of piperazine rings is 1. The summed E-state index contributed by atoms with van der Waals surface area (Å²) in [5.74, 6) is 0.0375. The summed E-state index contributed by atoms with van der Waals surface area (Å²) in [7, 11) is 0. The van der Waals surface area contributed by atoms with E-state index in [9.17, 15) is 4.79 Å². The minimum absolute atomic E-state index is 0.0375. The number of nitrogens with zero attached hydrogens (tertiary/aromatic N) is 3. The number of anilines is 1. The number of hydrogen-bond donors (Lipinski definition) is 1. The average molecular weight is 262 g/mol. The van der Waals surface area contributed by atoms with Crippen molar-refractivity contribution in [2.45, 2.75) is 13.8 Å². The van der Waals surface area contributed by atoms with Gasteiger partial charge in [0, 0.05) is 44.6 Å². The van der Waals surface area contributed by atoms with E-state index in [0.29, 0.717) is 5.69 Å². The van der Waals surface area contributed by atoms with Crippen LogP contribution in [0.25, 0.3) is 0 Å². The van der Waals surface area contributed by atoms with Crippen LogP contribution in [-0.2, 0) is 0 Å². The lowest BCUT2D eigenvalue weighted by Gasteiger charge is -2.33. The standard InChI is InChI=1S/C14H22N4O/c1-3-15-12-5-6-16-13(11-12)14(19)18-9-7-17(4-2)8-10-18/h5-6,11H,3-4,7-10H2,1-2H3,(H,15,16). The molecule has 0 unspecified atom stereocenters. The van der Waals surface area contributed by atoms with E-state index in [1.807, 2.05) is 24.0 Å². The molecular formula is C14H22N4O. The number of pyridine rings is 1. The Morgan fingerprint density at radius 1 is 1.32 bits per heavy atom. The molecular weight excluding hydrogens is 240 g/mol. The molecule has 0 radical (unpaired) electrons. The van der Waals surface area contributed by atoms with Crippen molar-refractivity contribution >= 4 is 11.6 Å². The third kappa shape index (κ3) is 3.44. The van der Waals surface area contributed by atoms with Crippen LogP contribution in [0.3, 0.4) is 0 Å². The van der Waals surface area contributed by atoms with Crippen molar-refractivity contribution in [3.8, 4) is 0 Å². The van der Waals surface area contributed by atoms with Crippen LogP contribution in [-0.4, -0.2) is 60.0 Å². The van der Waals surface area contributed by atoms with Gasteiger partial charge in [-0.1, -0.05) is 6.92 Å². The lowest BCUT2D eigenvalue weighted by Crippen LogP contribution is -2.48. The van der Waals surface area contributed by atoms with Gasteiger partial charge in [-0.15, -0.1) is 0 Å². The largest absolute Gasteiger partial charge is 0.385 e. The van der Waals surface area contributed by atoms with Crippen molar-refractivity contribution in [2.75, 3.05) is 44.6 Å². The summed E-state index contributed by atoms with van der Waals surface area (Å²) >= 11 is 0. The minimum atomic E-state index is 0.0375. The van der Waals surface area contributed by atoms with Gasteiger partial charge in [0.1, 0.15) is 5.69 Å². The molecule has 19 heavy (non-hydrogen) atoms. The van der Waals surface area contributed by atoms with Crippen LogP contribution in [0.5, 0.6) is 0 Å². The van der Waals surface area contributed by atoms with Crippen LogP contribution < -0.4 is 5.32 Å². The lowest BCUT2D eigenvalue weighted by molar-refractivity contribution is 0.0637. The number of aromatic nitrogens is 1. The maximum Gasteiger partial charge on any atom is 0.272 e. The van der Waals surface area contributed by atoms with E-state index in [2.05, 4.69) is 22.1 Å². The van der Waals surface area contributed by atoms with Crippen LogP contribution in [0, 0.1) is 0 Å². The molecule has 0 spiro atoms. The van der Waals surface area contributed by atoms with Gasteiger partial charge in [-0.2, -0.15) is 0 Å². The summed E-state index contributed by atoms with van der Waals surface area (Å²) in [6.07, 6.45) is 1.69. The van der Waals surface area contributed by atoms with E-state index in [1.165, 1.54) is 0 Å². The first-order valence-corrected chi connectivity index (χ1v) is 6.96. The molecule has 0 atom stereocenters. The lowest BCUT2D eigenvalue weighted by atomic mass is 10.2. The van der Waals surface area contributed by atoms with Crippen molar-refractivity contribution in [3.63, 3.8) is 0 Å². The summed E-state index contributed by atoms with van der Waals surface area (Å²) < 4.78 is 0. The molecule has 1 aromatic heterocycles. The normalized spacial score (nSPS) is 16.4. The zero-order chi connectivity index (χ0) is 13.7. The van der Waals surface area contributed by atoms with Gasteiger partial charge in [0.2, 0.25) is 0 Å². The first-order valence-electron chi connectivity index (χ1n) is 6.96. The van der Waals surface area contributed by atoms with Crippen molar-refractivity contribution in [1.29, 1.82) is 0 Å². The first-order chi connectivity index (χ1) is 9.24. The molecule has 0 bridgehead atoms. The Labute approximate surface area is 114 Å². The average Bonchev–Trinajstić information content (AvgIpc) is 2.47. The fourth-order valence-electron chi connectivity index (χ4n) is 2.29. The maximum absolute atomic E-state index is 12.4. The molecule has 0 saturated carbocycles. The number of likely N-dealkylation sites (N-methyl/N-ethyl adjacent to an activating group) is 1. The van der Waals surface area contributed by atoms with Crippen molar-refractivity contribution in [3.05, 3.63) is 24.0 Å². The Morgan fingerprint density at radius 2 is 2.05 bits per heavy atom. The van der Waals surface area contributed by atoms with Gasteiger partial charge >= 0.3 is 0 Å². The second-order valence-corrected chi connectivity index (χ2v) is 4.69. The summed E-state index contributed by atoms with van der Waals surface area (Å²) in [6.45, 7) is 9.57. The molecule has 0 aromatic carbocycles. The summed E-state index contributed by atoms with van der Waals surface area (Å²) in [5.41, 5.74) is 1.48. The molecule has 1 aliphatic rings. The molecule has 1 amide bonds. The predicted octanol–water partition coefficient (Wildman–Crippen LogP) is 1.29. The molecule has 0 aliphatic carbocycles. The third-order valence-electron chi connectivity index (χ3n) is 3.47. The molecule has 1 N–H and O–H groups in total. The highest BCUT2D eigenvalue weighted by molar-refractivity contribution is 5.93. The highest BCUT2D eigenvalue weighted by Gasteiger charge is 2.22. The Hall–Kier alpha value is -1.62. The fraction of sp³-hybridized carbons (Fsp3) is 0.571. The smallest absolute Gasteiger partial charge is 0.272 e. The number of amides is 1. The van der Waals surface area contributed by atoms with Crippen LogP contribution in [0.2, 0.25) is 0 Å². The summed E-state index contributed by atoms with van der Waals surface area (Å²) in [6, 6.07) is 3.72. The van der Waals surface area contributed by atoms with E-state index in [4.69, 9.17) is 0 Å². The highest BCUT2D eigenvalue weighted by Crippen LogP contribution is 2.11. The van der Waals surface area contributed by atoms with Gasteiger partial charge in [-0.3, -0.25) is 9.78 Å². The molecule has 2 rings (SSSR count). The molecule has 1 saturated heterocycles. The molecule has 1 fully saturated rings. The number of carbonyl (C=O) groups is 1. The van der Waals surface area contributed by atoms with Crippen LogP contribution in [0.4, 0.5) is 5.69 Å². The topological polar surface area (TPSA) is 48.5 Å². The summed E-state index contributed by atoms with van der Waals surface area (Å²) in [5, 5.41) is 3.20. The zero-order valence-electron chi connectivity index (χ0n) is 11.7. The second-order valence-electron chi connectivity index (χ2n) is 4.69.